The van der Waals surface area contributed by atoms with Crippen molar-refractivity contribution in [3.8, 4) is 11.3 Å². The van der Waals surface area contributed by atoms with Crippen LogP contribution in [0.1, 0.15) is 70.4 Å². The molecule has 2 aromatic rings. The first kappa shape index (κ1) is 23.3. The third-order valence-electron chi connectivity index (χ3n) is 7.11. The minimum absolute atomic E-state index is 0.0789. The smallest absolute Gasteiger partial charge is 0.413 e. The summed E-state index contributed by atoms with van der Waals surface area (Å²) in [6, 6.07) is 3.72. The van der Waals surface area contributed by atoms with Crippen LogP contribution in [0.2, 0.25) is 0 Å². The number of hydrogen-bond acceptors (Lipinski definition) is 5. The molecule has 2 aliphatic rings. The minimum atomic E-state index is -0.479. The number of amides is 2. The Morgan fingerprint density at radius 1 is 1.06 bits per heavy atom. The van der Waals surface area contributed by atoms with E-state index in [-0.39, 0.29) is 17.9 Å². The predicted octanol–water partition coefficient (Wildman–Crippen LogP) is 5.44. The second-order valence-electron chi connectivity index (χ2n) is 9.46. The molecule has 8 nitrogen and oxygen atoms in total. The van der Waals surface area contributed by atoms with Crippen molar-refractivity contribution in [1.29, 1.82) is 0 Å². The Morgan fingerprint density at radius 3 is 2.45 bits per heavy atom. The van der Waals surface area contributed by atoms with Crippen LogP contribution in [0.5, 0.6) is 0 Å². The van der Waals surface area contributed by atoms with Gasteiger partial charge < -0.3 is 10.1 Å². The largest absolute Gasteiger partial charge is 0.446 e. The maximum absolute atomic E-state index is 12.6. The molecule has 1 atom stereocenters. The Morgan fingerprint density at radius 2 is 1.76 bits per heavy atom. The van der Waals surface area contributed by atoms with Crippen LogP contribution in [0.4, 0.5) is 16.3 Å². The van der Waals surface area contributed by atoms with Crippen LogP contribution < -0.4 is 10.6 Å². The molecule has 2 heterocycles. The van der Waals surface area contributed by atoms with Crippen LogP contribution in [-0.2, 0) is 16.6 Å². The van der Waals surface area contributed by atoms with E-state index in [2.05, 4.69) is 20.7 Å². The number of ether oxygens (including phenoxy) is 1. The number of nitrogens with one attached hydrogen (secondary N) is 2. The number of nitrogens with zero attached hydrogens (tertiary/aromatic N) is 3. The second-order valence-corrected chi connectivity index (χ2v) is 9.46. The van der Waals surface area contributed by atoms with Crippen molar-refractivity contribution < 1.29 is 14.3 Å². The predicted molar refractivity (Wildman–Crippen MR) is 128 cm³/mol. The lowest BCUT2D eigenvalue weighted by Gasteiger charge is -2.21. The number of aromatic nitrogens is 3. The molecule has 2 amide bonds. The maximum atomic E-state index is 12.6. The van der Waals surface area contributed by atoms with Gasteiger partial charge in [0.25, 0.3) is 0 Å². The van der Waals surface area contributed by atoms with Gasteiger partial charge in [-0.05, 0) is 57.6 Å². The lowest BCUT2D eigenvalue weighted by molar-refractivity contribution is -0.120. The van der Waals surface area contributed by atoms with Gasteiger partial charge in [-0.1, -0.05) is 32.1 Å². The van der Waals surface area contributed by atoms with E-state index in [4.69, 9.17) is 4.74 Å². The van der Waals surface area contributed by atoms with E-state index in [0.717, 1.165) is 49.9 Å². The van der Waals surface area contributed by atoms with E-state index in [9.17, 15) is 9.59 Å². The van der Waals surface area contributed by atoms with Crippen molar-refractivity contribution in [3.63, 3.8) is 0 Å². The van der Waals surface area contributed by atoms with E-state index in [0.29, 0.717) is 23.0 Å². The van der Waals surface area contributed by atoms with Gasteiger partial charge in [0.1, 0.15) is 11.9 Å². The first-order valence-electron chi connectivity index (χ1n) is 12.2. The van der Waals surface area contributed by atoms with Gasteiger partial charge in [0.2, 0.25) is 5.91 Å². The van der Waals surface area contributed by atoms with E-state index < -0.39 is 6.09 Å². The molecule has 2 fully saturated rings. The quantitative estimate of drug-likeness (QED) is 0.607. The summed E-state index contributed by atoms with van der Waals surface area (Å²) < 4.78 is 7.24. The number of carbonyl (C=O) groups is 2. The van der Waals surface area contributed by atoms with Crippen LogP contribution in [0.15, 0.2) is 18.3 Å². The summed E-state index contributed by atoms with van der Waals surface area (Å²) >= 11 is 0. The highest BCUT2D eigenvalue weighted by atomic mass is 16.6. The third-order valence-corrected chi connectivity index (χ3v) is 7.11. The standard InChI is InChI=1S/C25H35N5O3/c1-16-21(28-24(31)19-11-5-4-6-12-19)13-14-22(27-16)20-15-26-30(3)23(20)29-25(32)33-17(2)18-9-7-8-10-18/h13-15,17-19H,4-12H2,1-3H3,(H,28,31)(H,29,32)/t17-/m0/s1. The molecule has 0 unspecified atom stereocenters. The van der Waals surface area contributed by atoms with Crippen LogP contribution in [0.25, 0.3) is 11.3 Å². The molecule has 2 N–H and O–H groups in total. The number of aryl methyl sites for hydroxylation is 2. The van der Waals surface area contributed by atoms with Gasteiger partial charge in [-0.15, -0.1) is 0 Å². The van der Waals surface area contributed by atoms with E-state index >= 15 is 0 Å². The van der Waals surface area contributed by atoms with Crippen molar-refractivity contribution >= 4 is 23.5 Å². The average molecular weight is 454 g/mol. The van der Waals surface area contributed by atoms with Crippen LogP contribution in [-0.4, -0.2) is 32.9 Å². The number of pyridine rings is 1. The average Bonchev–Trinajstić information content (AvgIpc) is 3.47. The minimum Gasteiger partial charge on any atom is -0.446 e. The van der Waals surface area contributed by atoms with Gasteiger partial charge in [-0.3, -0.25) is 19.8 Å². The van der Waals surface area contributed by atoms with E-state index in [1.165, 1.54) is 19.3 Å². The molecule has 2 aliphatic carbocycles. The number of anilines is 2. The summed E-state index contributed by atoms with van der Waals surface area (Å²) in [6.45, 7) is 3.84. The molecule has 0 spiro atoms. The monoisotopic (exact) mass is 453 g/mol. The summed E-state index contributed by atoms with van der Waals surface area (Å²) in [7, 11) is 1.77. The number of hydrogen-bond donors (Lipinski definition) is 2. The molecular formula is C25H35N5O3. The highest BCUT2D eigenvalue weighted by molar-refractivity contribution is 5.93. The Labute approximate surface area is 195 Å². The summed E-state index contributed by atoms with van der Waals surface area (Å²) in [5.74, 6) is 1.13. The van der Waals surface area contributed by atoms with Crippen molar-refractivity contribution in [1.82, 2.24) is 14.8 Å². The maximum Gasteiger partial charge on any atom is 0.413 e. The molecule has 178 valence electrons. The van der Waals surface area contributed by atoms with Crippen molar-refractivity contribution in [2.45, 2.75) is 77.7 Å². The number of rotatable bonds is 6. The zero-order valence-corrected chi connectivity index (χ0v) is 19.9. The molecular weight excluding hydrogens is 418 g/mol. The molecule has 4 rings (SSSR count). The zero-order valence-electron chi connectivity index (χ0n) is 19.9. The molecule has 0 aliphatic heterocycles. The summed E-state index contributed by atoms with van der Waals surface area (Å²) in [5.41, 5.74) is 2.83. The van der Waals surface area contributed by atoms with Crippen LogP contribution in [0, 0.1) is 18.8 Å². The van der Waals surface area contributed by atoms with Crippen molar-refractivity contribution in [2.24, 2.45) is 18.9 Å². The number of carbonyl (C=O) groups excluding carboxylic acids is 2. The molecule has 0 saturated heterocycles. The summed E-state index contributed by atoms with van der Waals surface area (Å²) in [5, 5.41) is 10.2. The van der Waals surface area contributed by atoms with Gasteiger partial charge in [-0.2, -0.15) is 5.10 Å². The van der Waals surface area contributed by atoms with Gasteiger partial charge in [0, 0.05) is 13.0 Å². The van der Waals surface area contributed by atoms with Gasteiger partial charge in [0.15, 0.2) is 0 Å². The molecule has 2 saturated carbocycles. The first-order chi connectivity index (χ1) is 15.9. The lowest BCUT2D eigenvalue weighted by atomic mass is 9.88. The molecule has 0 radical (unpaired) electrons. The SMILES string of the molecule is Cc1nc(-c2cnn(C)c2NC(=O)O[C@@H](C)C2CCCC2)ccc1NC(=O)C1CCCCC1. The fourth-order valence-corrected chi connectivity index (χ4v) is 5.03. The molecule has 0 aromatic carbocycles. The van der Waals surface area contributed by atoms with Crippen LogP contribution in [0.3, 0.4) is 0 Å². The van der Waals surface area contributed by atoms with Crippen molar-refractivity contribution in [2.75, 3.05) is 10.6 Å². The molecule has 33 heavy (non-hydrogen) atoms. The third kappa shape index (κ3) is 5.54. The lowest BCUT2D eigenvalue weighted by Crippen LogP contribution is -2.26. The van der Waals surface area contributed by atoms with Gasteiger partial charge >= 0.3 is 6.09 Å². The summed E-state index contributed by atoms with van der Waals surface area (Å²) in [6.07, 6.45) is 11.1. The highest BCUT2D eigenvalue weighted by Crippen LogP contribution is 2.31. The zero-order chi connectivity index (χ0) is 23.4. The molecule has 2 aromatic heterocycles. The van der Waals surface area contributed by atoms with Crippen LogP contribution >= 0.6 is 0 Å². The Bertz CT molecular complexity index is 990. The topological polar surface area (TPSA) is 98.1 Å². The fraction of sp³-hybridized carbons (Fsp3) is 0.600. The Balaban J connectivity index is 1.44. The highest BCUT2D eigenvalue weighted by Gasteiger charge is 2.26. The molecule has 0 bridgehead atoms. The van der Waals surface area contributed by atoms with Crippen molar-refractivity contribution in [3.05, 3.63) is 24.0 Å². The van der Waals surface area contributed by atoms with E-state index in [1.807, 2.05) is 26.0 Å². The van der Waals surface area contributed by atoms with Gasteiger partial charge in [0.05, 0.1) is 28.8 Å². The van der Waals surface area contributed by atoms with Gasteiger partial charge in [-0.25, -0.2) is 4.79 Å². The second kappa shape index (κ2) is 10.4. The normalized spacial score (nSPS) is 18.2. The Kier molecular flexibility index (Phi) is 7.30. The first-order valence-corrected chi connectivity index (χ1v) is 12.2. The fourth-order valence-electron chi connectivity index (χ4n) is 5.03. The molecule has 8 heteroatoms. The Hall–Kier alpha value is -2.90. The van der Waals surface area contributed by atoms with E-state index in [1.54, 1.807) is 17.9 Å². The summed E-state index contributed by atoms with van der Waals surface area (Å²) in [4.78, 5) is 29.9.